The summed E-state index contributed by atoms with van der Waals surface area (Å²) in [6.45, 7) is -0.680. The Kier molecular flexibility index (Phi) is 3.37. The standard InChI is InChI=1S/C10H15F3N4/c11-10(12,13)6-17-9(7-2-1-3-7)8(4-5-14)15-16-17/h7H,1-6,14H2. The van der Waals surface area contributed by atoms with Crippen molar-refractivity contribution in [3.63, 3.8) is 0 Å². The second kappa shape index (κ2) is 4.64. The van der Waals surface area contributed by atoms with Gasteiger partial charge in [-0.15, -0.1) is 5.10 Å². The van der Waals surface area contributed by atoms with Crippen molar-refractivity contribution in [2.45, 2.75) is 44.3 Å². The van der Waals surface area contributed by atoms with Gasteiger partial charge in [-0.25, -0.2) is 4.68 Å². The van der Waals surface area contributed by atoms with Gasteiger partial charge in [0.25, 0.3) is 0 Å². The third kappa shape index (κ3) is 2.77. The molecule has 7 heteroatoms. The van der Waals surface area contributed by atoms with Crippen molar-refractivity contribution < 1.29 is 13.2 Å². The van der Waals surface area contributed by atoms with E-state index in [1.54, 1.807) is 0 Å². The van der Waals surface area contributed by atoms with Crippen molar-refractivity contribution in [1.29, 1.82) is 0 Å². The summed E-state index contributed by atoms with van der Waals surface area (Å²) in [5.74, 6) is 0.175. The molecular formula is C10H15F3N4. The van der Waals surface area contributed by atoms with E-state index in [1.807, 2.05) is 0 Å². The molecule has 0 amide bonds. The predicted molar refractivity (Wildman–Crippen MR) is 55.4 cm³/mol. The van der Waals surface area contributed by atoms with Gasteiger partial charge >= 0.3 is 6.18 Å². The molecule has 2 N–H and O–H groups in total. The molecule has 17 heavy (non-hydrogen) atoms. The Morgan fingerprint density at radius 3 is 2.53 bits per heavy atom. The van der Waals surface area contributed by atoms with Crippen LogP contribution in [0.2, 0.25) is 0 Å². The maximum absolute atomic E-state index is 12.4. The highest BCUT2D eigenvalue weighted by molar-refractivity contribution is 5.18. The first-order valence-electron chi connectivity index (χ1n) is 5.70. The quantitative estimate of drug-likeness (QED) is 0.880. The Morgan fingerprint density at radius 2 is 2.06 bits per heavy atom. The topological polar surface area (TPSA) is 56.7 Å². The van der Waals surface area contributed by atoms with Gasteiger partial charge in [0.1, 0.15) is 6.54 Å². The number of hydrogen-bond acceptors (Lipinski definition) is 3. The van der Waals surface area contributed by atoms with Crippen LogP contribution in [0.5, 0.6) is 0 Å². The van der Waals surface area contributed by atoms with E-state index >= 15 is 0 Å². The van der Waals surface area contributed by atoms with Crippen molar-refractivity contribution in [2.24, 2.45) is 5.73 Å². The van der Waals surface area contributed by atoms with Gasteiger partial charge in [-0.1, -0.05) is 11.6 Å². The molecule has 0 saturated heterocycles. The number of aromatic nitrogens is 3. The summed E-state index contributed by atoms with van der Waals surface area (Å²) in [6, 6.07) is 0. The largest absolute Gasteiger partial charge is 0.408 e. The fourth-order valence-corrected chi connectivity index (χ4v) is 2.09. The maximum Gasteiger partial charge on any atom is 0.408 e. The van der Waals surface area contributed by atoms with E-state index in [0.29, 0.717) is 24.4 Å². The average Bonchev–Trinajstić information content (AvgIpc) is 2.46. The van der Waals surface area contributed by atoms with E-state index in [2.05, 4.69) is 10.3 Å². The molecule has 1 aliphatic rings. The van der Waals surface area contributed by atoms with E-state index in [9.17, 15) is 13.2 Å². The molecule has 0 atom stereocenters. The Morgan fingerprint density at radius 1 is 1.35 bits per heavy atom. The number of nitrogens with zero attached hydrogens (tertiary/aromatic N) is 3. The fraction of sp³-hybridized carbons (Fsp3) is 0.800. The van der Waals surface area contributed by atoms with Gasteiger partial charge in [-0.2, -0.15) is 13.2 Å². The number of rotatable bonds is 4. The molecule has 0 aliphatic heterocycles. The van der Waals surface area contributed by atoms with Crippen LogP contribution in [0.4, 0.5) is 13.2 Å². The number of nitrogens with two attached hydrogens (primary N) is 1. The summed E-state index contributed by atoms with van der Waals surface area (Å²) in [5, 5.41) is 7.44. The number of halogens is 3. The summed E-state index contributed by atoms with van der Waals surface area (Å²) in [4.78, 5) is 0. The van der Waals surface area contributed by atoms with Crippen LogP contribution in [0.3, 0.4) is 0 Å². The van der Waals surface area contributed by atoms with Gasteiger partial charge in [0.2, 0.25) is 0 Å². The van der Waals surface area contributed by atoms with Gasteiger partial charge in [0, 0.05) is 12.3 Å². The molecule has 4 nitrogen and oxygen atoms in total. The summed E-state index contributed by atoms with van der Waals surface area (Å²) >= 11 is 0. The lowest BCUT2D eigenvalue weighted by molar-refractivity contribution is -0.143. The third-order valence-electron chi connectivity index (χ3n) is 3.05. The minimum Gasteiger partial charge on any atom is -0.330 e. The monoisotopic (exact) mass is 248 g/mol. The second-order valence-corrected chi connectivity index (χ2v) is 4.36. The summed E-state index contributed by atoms with van der Waals surface area (Å²) in [5.41, 5.74) is 6.69. The molecule has 0 spiro atoms. The van der Waals surface area contributed by atoms with Gasteiger partial charge in [0.05, 0.1) is 11.4 Å². The van der Waals surface area contributed by atoms with E-state index in [0.717, 1.165) is 23.9 Å². The zero-order valence-corrected chi connectivity index (χ0v) is 9.37. The lowest BCUT2D eigenvalue weighted by atomic mass is 9.81. The predicted octanol–water partition coefficient (Wildman–Crippen LogP) is 1.61. The molecule has 2 rings (SSSR count). The molecule has 1 aromatic rings. The third-order valence-corrected chi connectivity index (χ3v) is 3.05. The molecule has 0 bridgehead atoms. The van der Waals surface area contributed by atoms with E-state index in [1.165, 1.54) is 0 Å². The summed E-state index contributed by atoms with van der Waals surface area (Å²) < 4.78 is 38.2. The van der Waals surface area contributed by atoms with Crippen LogP contribution >= 0.6 is 0 Å². The Labute approximate surface area is 97.0 Å². The van der Waals surface area contributed by atoms with Crippen LogP contribution in [-0.2, 0) is 13.0 Å². The molecule has 1 aliphatic carbocycles. The molecule has 96 valence electrons. The zero-order valence-electron chi connectivity index (χ0n) is 9.37. The smallest absolute Gasteiger partial charge is 0.330 e. The fourth-order valence-electron chi connectivity index (χ4n) is 2.09. The minimum atomic E-state index is -4.26. The Balaban J connectivity index is 2.24. The van der Waals surface area contributed by atoms with Crippen LogP contribution < -0.4 is 5.73 Å². The minimum absolute atomic E-state index is 0.175. The van der Waals surface area contributed by atoms with Crippen LogP contribution in [0.15, 0.2) is 0 Å². The highest BCUT2D eigenvalue weighted by atomic mass is 19.4. The van der Waals surface area contributed by atoms with Crippen LogP contribution in [0.25, 0.3) is 0 Å². The molecule has 0 unspecified atom stereocenters. The van der Waals surface area contributed by atoms with E-state index < -0.39 is 12.7 Å². The molecule has 1 fully saturated rings. The number of alkyl halides is 3. The lowest BCUT2D eigenvalue weighted by Gasteiger charge is -2.26. The highest BCUT2D eigenvalue weighted by Gasteiger charge is 2.34. The average molecular weight is 248 g/mol. The molecule has 0 aromatic carbocycles. The summed E-state index contributed by atoms with van der Waals surface area (Å²) in [6.07, 6.45) is -0.870. The van der Waals surface area contributed by atoms with Crippen molar-refractivity contribution in [3.05, 3.63) is 11.4 Å². The molecule has 1 heterocycles. The first kappa shape index (κ1) is 12.3. The molecule has 0 radical (unpaired) electrons. The van der Waals surface area contributed by atoms with Gasteiger partial charge in [-0.3, -0.25) is 0 Å². The molecule has 1 aromatic heterocycles. The normalized spacial score (nSPS) is 17.2. The lowest BCUT2D eigenvalue weighted by Crippen LogP contribution is -2.24. The summed E-state index contributed by atoms with van der Waals surface area (Å²) in [7, 11) is 0. The van der Waals surface area contributed by atoms with Crippen LogP contribution in [0, 0.1) is 0 Å². The van der Waals surface area contributed by atoms with Crippen LogP contribution in [-0.4, -0.2) is 27.7 Å². The van der Waals surface area contributed by atoms with Crippen LogP contribution in [0.1, 0.15) is 36.6 Å². The van der Waals surface area contributed by atoms with Crippen molar-refractivity contribution in [2.75, 3.05) is 6.54 Å². The Hall–Kier alpha value is -1.11. The van der Waals surface area contributed by atoms with Crippen molar-refractivity contribution in [1.82, 2.24) is 15.0 Å². The van der Waals surface area contributed by atoms with Gasteiger partial charge in [-0.05, 0) is 19.4 Å². The van der Waals surface area contributed by atoms with Gasteiger partial charge in [0.15, 0.2) is 0 Å². The first-order valence-corrected chi connectivity index (χ1v) is 5.70. The zero-order chi connectivity index (χ0) is 12.5. The Bertz CT molecular complexity index is 381. The second-order valence-electron chi connectivity index (χ2n) is 4.36. The highest BCUT2D eigenvalue weighted by Crippen LogP contribution is 2.38. The number of hydrogen-bond donors (Lipinski definition) is 1. The molecular weight excluding hydrogens is 233 g/mol. The first-order chi connectivity index (χ1) is 8.01. The van der Waals surface area contributed by atoms with E-state index in [4.69, 9.17) is 5.73 Å². The van der Waals surface area contributed by atoms with Gasteiger partial charge < -0.3 is 5.73 Å². The SMILES string of the molecule is NCCc1nnn(CC(F)(F)F)c1C1CCC1. The van der Waals surface area contributed by atoms with E-state index in [-0.39, 0.29) is 5.92 Å². The molecule has 1 saturated carbocycles. The van der Waals surface area contributed by atoms with Crippen molar-refractivity contribution >= 4 is 0 Å². The maximum atomic E-state index is 12.4. The van der Waals surface area contributed by atoms with Crippen molar-refractivity contribution in [3.8, 4) is 0 Å².